The first-order valence-electron chi connectivity index (χ1n) is 9.14. The Morgan fingerprint density at radius 3 is 2.55 bits per heavy atom. The summed E-state index contributed by atoms with van der Waals surface area (Å²) in [7, 11) is 0. The van der Waals surface area contributed by atoms with Crippen molar-refractivity contribution in [3.8, 4) is 0 Å². The lowest BCUT2D eigenvalue weighted by atomic mass is 9.99. The summed E-state index contributed by atoms with van der Waals surface area (Å²) in [6, 6.07) is 7.04. The van der Waals surface area contributed by atoms with Crippen LogP contribution in [0.1, 0.15) is 41.4 Å². The number of aromatic nitrogens is 1. The van der Waals surface area contributed by atoms with Crippen LogP contribution in [0.25, 0.3) is 10.9 Å². The SMILES string of the molecule is CC(C)C(CO)n1cc(C=O)c(=O)c2cc(Cc3cccc(I)c3F)c(F)cc21. The first-order valence-corrected chi connectivity index (χ1v) is 10.2. The first-order chi connectivity index (χ1) is 13.8. The van der Waals surface area contributed by atoms with Crippen LogP contribution in [0.3, 0.4) is 0 Å². The summed E-state index contributed by atoms with van der Waals surface area (Å²) in [6.45, 7) is 3.54. The maximum Gasteiger partial charge on any atom is 0.199 e. The summed E-state index contributed by atoms with van der Waals surface area (Å²) in [4.78, 5) is 24.2. The third-order valence-electron chi connectivity index (χ3n) is 5.08. The van der Waals surface area contributed by atoms with Crippen molar-refractivity contribution in [1.82, 2.24) is 4.57 Å². The number of aliphatic hydroxyl groups is 1. The number of benzene rings is 2. The molecule has 152 valence electrons. The van der Waals surface area contributed by atoms with Crippen LogP contribution in [0.15, 0.2) is 41.3 Å². The number of carbonyl (C=O) groups is 1. The van der Waals surface area contributed by atoms with Gasteiger partial charge in [-0.2, -0.15) is 0 Å². The molecule has 1 unspecified atom stereocenters. The zero-order valence-corrected chi connectivity index (χ0v) is 18.1. The molecule has 0 spiro atoms. The second-order valence-electron chi connectivity index (χ2n) is 7.28. The Morgan fingerprint density at radius 1 is 1.21 bits per heavy atom. The lowest BCUT2D eigenvalue weighted by Crippen LogP contribution is -2.24. The molecule has 2 aromatic carbocycles. The molecule has 0 aliphatic carbocycles. The summed E-state index contributed by atoms with van der Waals surface area (Å²) in [5.41, 5.74) is 0.177. The molecule has 3 rings (SSSR count). The van der Waals surface area contributed by atoms with Gasteiger partial charge in [-0.15, -0.1) is 0 Å². The number of rotatable bonds is 6. The first kappa shape index (κ1) is 21.6. The second kappa shape index (κ2) is 8.71. The smallest absolute Gasteiger partial charge is 0.199 e. The van der Waals surface area contributed by atoms with Crippen LogP contribution in [0.5, 0.6) is 0 Å². The highest BCUT2D eigenvalue weighted by Crippen LogP contribution is 2.27. The van der Waals surface area contributed by atoms with Crippen molar-refractivity contribution in [2.24, 2.45) is 5.92 Å². The van der Waals surface area contributed by atoms with Crippen LogP contribution in [0, 0.1) is 21.1 Å². The van der Waals surface area contributed by atoms with Gasteiger partial charge in [-0.1, -0.05) is 26.0 Å². The molecule has 0 radical (unpaired) electrons. The number of hydrogen-bond acceptors (Lipinski definition) is 3. The fraction of sp³-hybridized carbons (Fsp3) is 0.273. The molecule has 0 bridgehead atoms. The average Bonchev–Trinajstić information content (AvgIpc) is 2.68. The molecule has 0 aliphatic heterocycles. The molecule has 29 heavy (non-hydrogen) atoms. The van der Waals surface area contributed by atoms with Crippen molar-refractivity contribution in [3.63, 3.8) is 0 Å². The van der Waals surface area contributed by atoms with Gasteiger partial charge in [0.2, 0.25) is 0 Å². The Bertz CT molecular complexity index is 1140. The molecule has 0 aliphatic rings. The Labute approximate surface area is 180 Å². The van der Waals surface area contributed by atoms with Gasteiger partial charge in [0.1, 0.15) is 11.6 Å². The van der Waals surface area contributed by atoms with Crippen molar-refractivity contribution in [2.45, 2.75) is 26.3 Å². The van der Waals surface area contributed by atoms with Gasteiger partial charge in [-0.3, -0.25) is 9.59 Å². The van der Waals surface area contributed by atoms with Gasteiger partial charge in [-0.05, 0) is 57.8 Å². The molecule has 0 amide bonds. The summed E-state index contributed by atoms with van der Waals surface area (Å²) >= 11 is 1.87. The van der Waals surface area contributed by atoms with Crippen LogP contribution >= 0.6 is 22.6 Å². The minimum atomic E-state index is -0.580. The van der Waals surface area contributed by atoms with Crippen LogP contribution in [-0.4, -0.2) is 22.6 Å². The summed E-state index contributed by atoms with van der Waals surface area (Å²) < 4.78 is 31.3. The fourth-order valence-corrected chi connectivity index (χ4v) is 3.99. The van der Waals surface area contributed by atoms with Gasteiger partial charge in [0.15, 0.2) is 11.7 Å². The van der Waals surface area contributed by atoms with Crippen molar-refractivity contribution in [3.05, 3.63) is 78.6 Å². The monoisotopic (exact) mass is 511 g/mol. The molecule has 3 aromatic rings. The van der Waals surface area contributed by atoms with E-state index in [0.29, 0.717) is 15.4 Å². The van der Waals surface area contributed by atoms with Crippen molar-refractivity contribution >= 4 is 39.8 Å². The highest BCUT2D eigenvalue weighted by Gasteiger charge is 2.20. The highest BCUT2D eigenvalue weighted by atomic mass is 127. The number of halogens is 3. The maximum absolute atomic E-state index is 14.9. The van der Waals surface area contributed by atoms with Crippen molar-refractivity contribution in [1.29, 1.82) is 0 Å². The van der Waals surface area contributed by atoms with Gasteiger partial charge in [0.05, 0.1) is 23.7 Å². The molecule has 0 saturated heterocycles. The van der Waals surface area contributed by atoms with E-state index >= 15 is 0 Å². The van der Waals surface area contributed by atoms with Crippen LogP contribution in [0.2, 0.25) is 0 Å². The standard InChI is InChI=1S/C22H20F2INO3/c1-12(2)20(11-28)26-9-15(10-27)22(29)16-7-14(17(23)8-19(16)26)6-13-4-3-5-18(25)21(13)24/h3-5,7-10,12,20,28H,6,11H2,1-2H3. The second-order valence-corrected chi connectivity index (χ2v) is 8.45. The minimum absolute atomic E-state index is 0.0200. The average molecular weight is 511 g/mol. The molecule has 1 atom stereocenters. The zero-order valence-electron chi connectivity index (χ0n) is 16.0. The van der Waals surface area contributed by atoms with Gasteiger partial charge in [0.25, 0.3) is 0 Å². The van der Waals surface area contributed by atoms with E-state index in [4.69, 9.17) is 0 Å². The van der Waals surface area contributed by atoms with Gasteiger partial charge < -0.3 is 9.67 Å². The van der Waals surface area contributed by atoms with E-state index in [1.807, 2.05) is 36.4 Å². The van der Waals surface area contributed by atoms with E-state index < -0.39 is 23.1 Å². The Kier molecular flexibility index (Phi) is 6.48. The van der Waals surface area contributed by atoms with Crippen LogP contribution in [0.4, 0.5) is 8.78 Å². The molecule has 7 heteroatoms. The van der Waals surface area contributed by atoms with Crippen LogP contribution in [-0.2, 0) is 6.42 Å². The lowest BCUT2D eigenvalue weighted by Gasteiger charge is -2.25. The quantitative estimate of drug-likeness (QED) is 0.393. The van der Waals surface area contributed by atoms with E-state index in [-0.39, 0.29) is 41.0 Å². The van der Waals surface area contributed by atoms with Crippen molar-refractivity contribution < 1.29 is 18.7 Å². The summed E-state index contributed by atoms with van der Waals surface area (Å²) in [6.07, 6.45) is 1.79. The highest BCUT2D eigenvalue weighted by molar-refractivity contribution is 14.1. The Morgan fingerprint density at radius 2 is 1.93 bits per heavy atom. The number of fused-ring (bicyclic) bond motifs is 1. The third-order valence-corrected chi connectivity index (χ3v) is 5.91. The molecular formula is C22H20F2INO3. The zero-order chi connectivity index (χ0) is 21.3. The lowest BCUT2D eigenvalue weighted by molar-refractivity contribution is 0.112. The largest absolute Gasteiger partial charge is 0.394 e. The van der Waals surface area contributed by atoms with E-state index in [2.05, 4.69) is 0 Å². The number of nitrogens with zero attached hydrogens (tertiary/aromatic N) is 1. The number of aldehydes is 1. The number of carbonyl (C=O) groups excluding carboxylic acids is 1. The van der Waals surface area contributed by atoms with E-state index in [1.54, 1.807) is 22.8 Å². The normalized spacial score (nSPS) is 12.5. The predicted molar refractivity (Wildman–Crippen MR) is 116 cm³/mol. The van der Waals surface area contributed by atoms with E-state index in [0.717, 1.165) is 0 Å². The van der Waals surface area contributed by atoms with E-state index in [9.17, 15) is 23.5 Å². The van der Waals surface area contributed by atoms with Gasteiger partial charge >= 0.3 is 0 Å². The topological polar surface area (TPSA) is 59.3 Å². The number of aliphatic hydroxyl groups excluding tert-OH is 1. The fourth-order valence-electron chi connectivity index (χ4n) is 3.44. The molecule has 4 nitrogen and oxygen atoms in total. The third kappa shape index (κ3) is 4.11. The van der Waals surface area contributed by atoms with E-state index in [1.165, 1.54) is 18.3 Å². The molecule has 1 heterocycles. The molecule has 1 aromatic heterocycles. The molecular weight excluding hydrogens is 491 g/mol. The Balaban J connectivity index is 2.25. The molecule has 1 N–H and O–H groups in total. The van der Waals surface area contributed by atoms with Crippen molar-refractivity contribution in [2.75, 3.05) is 6.61 Å². The maximum atomic E-state index is 14.9. The van der Waals surface area contributed by atoms with Crippen LogP contribution < -0.4 is 5.43 Å². The summed E-state index contributed by atoms with van der Waals surface area (Å²) in [5.74, 6) is -1.02. The number of hydrogen-bond donors (Lipinski definition) is 1. The Hall–Kier alpha value is -2.13. The van der Waals surface area contributed by atoms with Gasteiger partial charge in [0, 0.05) is 21.6 Å². The summed E-state index contributed by atoms with van der Waals surface area (Å²) in [5, 5.41) is 9.96. The minimum Gasteiger partial charge on any atom is -0.394 e. The number of pyridine rings is 1. The predicted octanol–water partition coefficient (Wildman–Crippen LogP) is 4.48. The molecule has 0 saturated carbocycles. The van der Waals surface area contributed by atoms with Gasteiger partial charge in [-0.25, -0.2) is 8.78 Å². The molecule has 0 fully saturated rings.